The second-order valence-electron chi connectivity index (χ2n) is 4.81. The zero-order valence-electron chi connectivity index (χ0n) is 11.2. The first-order valence-electron chi connectivity index (χ1n) is 6.84. The second kappa shape index (κ2) is 9.20. The zero-order chi connectivity index (χ0) is 14.3. The van der Waals surface area contributed by atoms with Crippen molar-refractivity contribution in [3.05, 3.63) is 33.0 Å². The van der Waals surface area contributed by atoms with Crippen LogP contribution < -0.4 is 0 Å². The molecule has 0 N–H and O–H groups in total. The Morgan fingerprint density at radius 3 is 2.47 bits per heavy atom. The van der Waals surface area contributed by atoms with E-state index in [-0.39, 0.29) is 11.2 Å². The van der Waals surface area contributed by atoms with Crippen LogP contribution >= 0.6 is 39.1 Å². The highest BCUT2D eigenvalue weighted by Gasteiger charge is 2.15. The molecule has 0 bridgehead atoms. The number of benzene rings is 1. The van der Waals surface area contributed by atoms with Crippen molar-refractivity contribution in [3.63, 3.8) is 0 Å². The predicted molar refractivity (Wildman–Crippen MR) is 85.7 cm³/mol. The first kappa shape index (κ1) is 17.3. The van der Waals surface area contributed by atoms with Gasteiger partial charge in [0.25, 0.3) is 0 Å². The Morgan fingerprint density at radius 1 is 1.16 bits per heavy atom. The van der Waals surface area contributed by atoms with Crippen LogP contribution in [0.15, 0.2) is 16.6 Å². The average molecular weight is 370 g/mol. The number of alkyl halides is 1. The minimum Gasteiger partial charge on any atom is -0.207 e. The van der Waals surface area contributed by atoms with Gasteiger partial charge >= 0.3 is 0 Å². The van der Waals surface area contributed by atoms with Gasteiger partial charge in [0.05, 0.1) is 10.4 Å². The van der Waals surface area contributed by atoms with E-state index in [1.165, 1.54) is 31.7 Å². The summed E-state index contributed by atoms with van der Waals surface area (Å²) in [4.78, 5) is 0. The Balaban J connectivity index is 2.41. The topological polar surface area (TPSA) is 0 Å². The Hall–Kier alpha value is 0.210. The smallest absolute Gasteiger partial charge is 0.129 e. The molecule has 0 radical (unpaired) electrons. The predicted octanol–water partition coefficient (Wildman–Crippen LogP) is 7.27. The summed E-state index contributed by atoms with van der Waals surface area (Å²) < 4.78 is 14.4. The maximum absolute atomic E-state index is 13.8. The van der Waals surface area contributed by atoms with E-state index >= 15 is 0 Å². The molecule has 1 atom stereocenters. The molecule has 0 saturated heterocycles. The van der Waals surface area contributed by atoms with E-state index in [0.717, 1.165) is 19.3 Å². The molecule has 108 valence electrons. The highest BCUT2D eigenvalue weighted by atomic mass is 79.9. The van der Waals surface area contributed by atoms with Gasteiger partial charge in [0, 0.05) is 10.0 Å². The molecule has 0 fully saturated rings. The standard InChI is InChI=1S/C15H20BrCl2F/c1-2-3-4-5-6-7-8-13(17)11-9-14(18)12(16)10-15(11)19/h9-10,13H,2-8H2,1H3. The third-order valence-corrected chi connectivity index (χ3v) is 4.84. The lowest BCUT2D eigenvalue weighted by Crippen LogP contribution is -1.96. The van der Waals surface area contributed by atoms with Gasteiger partial charge in [-0.3, -0.25) is 0 Å². The third-order valence-electron chi connectivity index (χ3n) is 3.19. The lowest BCUT2D eigenvalue weighted by molar-refractivity contribution is 0.566. The van der Waals surface area contributed by atoms with Crippen molar-refractivity contribution in [2.24, 2.45) is 0 Å². The zero-order valence-corrected chi connectivity index (χ0v) is 14.3. The Morgan fingerprint density at radius 2 is 1.79 bits per heavy atom. The van der Waals surface area contributed by atoms with Crippen molar-refractivity contribution in [3.8, 4) is 0 Å². The van der Waals surface area contributed by atoms with Crippen molar-refractivity contribution >= 4 is 39.1 Å². The maximum atomic E-state index is 13.8. The summed E-state index contributed by atoms with van der Waals surface area (Å²) in [6.45, 7) is 2.20. The van der Waals surface area contributed by atoms with Crippen molar-refractivity contribution in [2.45, 2.75) is 57.2 Å². The van der Waals surface area contributed by atoms with Gasteiger partial charge < -0.3 is 0 Å². The second-order valence-corrected chi connectivity index (χ2v) is 6.60. The van der Waals surface area contributed by atoms with E-state index in [0.29, 0.717) is 15.1 Å². The number of unbranched alkanes of at least 4 members (excludes halogenated alkanes) is 5. The first-order valence-corrected chi connectivity index (χ1v) is 8.45. The fraction of sp³-hybridized carbons (Fsp3) is 0.600. The maximum Gasteiger partial charge on any atom is 0.129 e. The van der Waals surface area contributed by atoms with Crippen LogP contribution in [0, 0.1) is 5.82 Å². The monoisotopic (exact) mass is 368 g/mol. The number of hydrogen-bond acceptors (Lipinski definition) is 0. The average Bonchev–Trinajstić information content (AvgIpc) is 2.37. The van der Waals surface area contributed by atoms with E-state index in [4.69, 9.17) is 23.2 Å². The molecule has 0 spiro atoms. The highest BCUT2D eigenvalue weighted by molar-refractivity contribution is 9.10. The van der Waals surface area contributed by atoms with Crippen LogP contribution in [-0.2, 0) is 0 Å². The van der Waals surface area contributed by atoms with E-state index in [1.807, 2.05) is 0 Å². The fourth-order valence-corrected chi connectivity index (χ4v) is 2.85. The Labute approximate surface area is 133 Å². The van der Waals surface area contributed by atoms with Crippen LogP contribution in [0.4, 0.5) is 4.39 Å². The minimum atomic E-state index is -0.295. The van der Waals surface area contributed by atoms with Gasteiger partial charge in [-0.05, 0) is 34.5 Å². The molecule has 1 aromatic rings. The Kier molecular flexibility index (Phi) is 8.36. The van der Waals surface area contributed by atoms with Gasteiger partial charge in [0.2, 0.25) is 0 Å². The van der Waals surface area contributed by atoms with Gasteiger partial charge in [0.1, 0.15) is 5.82 Å². The van der Waals surface area contributed by atoms with Gasteiger partial charge in [-0.2, -0.15) is 0 Å². The van der Waals surface area contributed by atoms with Gasteiger partial charge in [-0.1, -0.05) is 57.0 Å². The van der Waals surface area contributed by atoms with Crippen molar-refractivity contribution in [2.75, 3.05) is 0 Å². The molecule has 0 nitrogen and oxygen atoms in total. The van der Waals surface area contributed by atoms with Crippen LogP contribution in [0.2, 0.25) is 5.02 Å². The van der Waals surface area contributed by atoms with E-state index in [1.54, 1.807) is 6.07 Å². The molecule has 0 aliphatic rings. The molecular weight excluding hydrogens is 350 g/mol. The van der Waals surface area contributed by atoms with Crippen molar-refractivity contribution in [1.82, 2.24) is 0 Å². The molecule has 0 amide bonds. The molecule has 4 heteroatoms. The SMILES string of the molecule is CCCCCCCCC(Cl)c1cc(Cl)c(Br)cc1F. The van der Waals surface area contributed by atoms with Crippen molar-refractivity contribution < 1.29 is 4.39 Å². The number of hydrogen-bond donors (Lipinski definition) is 0. The summed E-state index contributed by atoms with van der Waals surface area (Å²) in [7, 11) is 0. The molecule has 0 saturated carbocycles. The molecular formula is C15H20BrCl2F. The molecule has 0 aliphatic carbocycles. The Bertz CT molecular complexity index is 396. The van der Waals surface area contributed by atoms with Crippen LogP contribution in [-0.4, -0.2) is 0 Å². The van der Waals surface area contributed by atoms with Crippen LogP contribution in [0.1, 0.15) is 62.8 Å². The largest absolute Gasteiger partial charge is 0.207 e. The van der Waals surface area contributed by atoms with Crippen LogP contribution in [0.25, 0.3) is 0 Å². The summed E-state index contributed by atoms with van der Waals surface area (Å²) in [5.41, 5.74) is 0.503. The molecule has 1 rings (SSSR count). The lowest BCUT2D eigenvalue weighted by Gasteiger charge is -2.12. The summed E-state index contributed by atoms with van der Waals surface area (Å²) in [6, 6.07) is 3.00. The molecule has 1 aromatic carbocycles. The van der Waals surface area contributed by atoms with Crippen molar-refractivity contribution in [1.29, 1.82) is 0 Å². The van der Waals surface area contributed by atoms with E-state index in [2.05, 4.69) is 22.9 Å². The first-order chi connectivity index (χ1) is 9.06. The summed E-state index contributed by atoms with van der Waals surface area (Å²) in [6.07, 6.45) is 8.05. The molecule has 0 aromatic heterocycles. The number of halogens is 4. The summed E-state index contributed by atoms with van der Waals surface area (Å²) in [5, 5.41) is 0.210. The lowest BCUT2D eigenvalue weighted by atomic mass is 10.0. The quantitative estimate of drug-likeness (QED) is 0.256. The highest BCUT2D eigenvalue weighted by Crippen LogP contribution is 2.34. The van der Waals surface area contributed by atoms with Gasteiger partial charge in [-0.25, -0.2) is 4.39 Å². The van der Waals surface area contributed by atoms with Gasteiger partial charge in [0.15, 0.2) is 0 Å². The van der Waals surface area contributed by atoms with E-state index in [9.17, 15) is 4.39 Å². The molecule has 1 unspecified atom stereocenters. The third kappa shape index (κ3) is 6.01. The summed E-state index contributed by atoms with van der Waals surface area (Å²) in [5.74, 6) is -0.290. The number of rotatable bonds is 8. The van der Waals surface area contributed by atoms with Crippen LogP contribution in [0.5, 0.6) is 0 Å². The minimum absolute atomic E-state index is 0.290. The fourth-order valence-electron chi connectivity index (χ4n) is 2.04. The van der Waals surface area contributed by atoms with Gasteiger partial charge in [-0.15, -0.1) is 11.6 Å². The van der Waals surface area contributed by atoms with Crippen LogP contribution in [0.3, 0.4) is 0 Å². The molecule has 0 aliphatic heterocycles. The van der Waals surface area contributed by atoms with E-state index < -0.39 is 0 Å². The molecule has 19 heavy (non-hydrogen) atoms. The molecule has 0 heterocycles. The normalized spacial score (nSPS) is 12.7. The summed E-state index contributed by atoms with van der Waals surface area (Å²) >= 11 is 15.4.